The Hall–Kier alpha value is -0.440. The smallest absolute Gasteiger partial charge is 0.00749 e. The number of nitroso groups, excluding NO2 is 1. The van der Waals surface area contributed by atoms with Gasteiger partial charge in [0.25, 0.3) is 0 Å². The zero-order valence-electron chi connectivity index (χ0n) is 7.25. The lowest BCUT2D eigenvalue weighted by atomic mass is 9.65. The highest BCUT2D eigenvalue weighted by Gasteiger charge is 2.41. The molecule has 2 heterocycles. The number of rotatable bonds is 0. The second kappa shape index (κ2) is 3.13. The van der Waals surface area contributed by atoms with E-state index in [0.29, 0.717) is 0 Å². The van der Waals surface area contributed by atoms with Gasteiger partial charge in [-0.1, -0.05) is 5.59 Å². The summed E-state index contributed by atoms with van der Waals surface area (Å²) in [7, 11) is 0. The summed E-state index contributed by atoms with van der Waals surface area (Å²) in [5.41, 5.74) is 4.50. The summed E-state index contributed by atoms with van der Waals surface area (Å²) in [6.07, 6.45) is 7.54. The van der Waals surface area contributed by atoms with E-state index in [1.807, 2.05) is 0 Å². The zero-order valence-corrected chi connectivity index (χ0v) is 7.25. The van der Waals surface area contributed by atoms with Gasteiger partial charge in [-0.25, -0.2) is 0 Å². The first kappa shape index (κ1) is 8.17. The third-order valence-electron chi connectivity index (χ3n) is 3.61. The third-order valence-corrected chi connectivity index (χ3v) is 3.61. The van der Waals surface area contributed by atoms with Crippen LogP contribution in [0.15, 0.2) is 0 Å². The van der Waals surface area contributed by atoms with Crippen LogP contribution in [0.2, 0.25) is 0 Å². The number of hydrogen-bond acceptors (Lipinski definition) is 3. The monoisotopic (exact) mass is 168 g/mol. The average Bonchev–Trinajstić information content (AvgIpc) is 2.05. The lowest BCUT2D eigenvalue weighted by Gasteiger charge is -2.50. The van der Waals surface area contributed by atoms with Gasteiger partial charge in [-0.05, 0) is 43.9 Å². The predicted octanol–water partition coefficient (Wildman–Crippen LogP) is 1.87. The zero-order chi connectivity index (χ0) is 8.55. The van der Waals surface area contributed by atoms with Crippen molar-refractivity contribution in [2.24, 2.45) is 11.8 Å². The van der Waals surface area contributed by atoms with Crippen LogP contribution in [0.25, 0.3) is 0 Å². The van der Waals surface area contributed by atoms with Gasteiger partial charge in [0.1, 0.15) is 0 Å². The Bertz CT molecular complexity index is 115. The van der Waals surface area contributed by atoms with Crippen molar-refractivity contribution in [1.82, 2.24) is 5.32 Å². The highest BCUT2D eigenvalue weighted by molar-refractivity contribution is 4.98. The van der Waals surface area contributed by atoms with E-state index in [1.165, 1.54) is 25.7 Å². The standard InChI is InChI=1S/C9H15N.HNO/c1-6-2-8-4-7(1)5-9(3-6)10-8;1-2/h6-10H,1-5H2;1H. The Balaban J connectivity index is 0.000000264. The second-order valence-corrected chi connectivity index (χ2v) is 4.47. The quantitative estimate of drug-likeness (QED) is 0.542. The fraction of sp³-hybridized carbons (Fsp3) is 1.00. The molecule has 2 saturated carbocycles. The summed E-state index contributed by atoms with van der Waals surface area (Å²) in [6.45, 7) is 0. The normalized spacial score (nSPS) is 48.3. The van der Waals surface area contributed by atoms with Crippen molar-refractivity contribution in [1.29, 1.82) is 5.59 Å². The third kappa shape index (κ3) is 1.26. The van der Waals surface area contributed by atoms with Gasteiger partial charge in [0.05, 0.1) is 0 Å². The van der Waals surface area contributed by atoms with Crippen LogP contribution in [0.1, 0.15) is 32.1 Å². The van der Waals surface area contributed by atoms with E-state index in [9.17, 15) is 0 Å². The molecule has 0 aromatic carbocycles. The summed E-state index contributed by atoms with van der Waals surface area (Å²) in [6, 6.07) is 1.85. The minimum Gasteiger partial charge on any atom is -0.311 e. The molecule has 4 rings (SSSR count). The molecule has 0 spiro atoms. The fourth-order valence-electron chi connectivity index (χ4n) is 3.46. The van der Waals surface area contributed by atoms with E-state index in [4.69, 9.17) is 4.91 Å². The summed E-state index contributed by atoms with van der Waals surface area (Å²) in [4.78, 5) is 7.50. The van der Waals surface area contributed by atoms with Gasteiger partial charge in [-0.15, -0.1) is 0 Å². The lowest BCUT2D eigenvalue weighted by Crippen LogP contribution is -2.55. The van der Waals surface area contributed by atoms with Gasteiger partial charge in [0.2, 0.25) is 0 Å². The Kier molecular flexibility index (Phi) is 2.13. The van der Waals surface area contributed by atoms with Crippen LogP contribution in [0.3, 0.4) is 0 Å². The first-order chi connectivity index (χ1) is 5.90. The first-order valence-corrected chi connectivity index (χ1v) is 4.86. The molecule has 12 heavy (non-hydrogen) atoms. The molecular formula is C9H16N2O. The first-order valence-electron chi connectivity index (χ1n) is 4.86. The van der Waals surface area contributed by atoms with Crippen LogP contribution in [0.4, 0.5) is 0 Å². The van der Waals surface area contributed by atoms with Gasteiger partial charge >= 0.3 is 0 Å². The highest BCUT2D eigenvalue weighted by Crippen LogP contribution is 2.44. The molecular weight excluding hydrogens is 152 g/mol. The molecule has 2 N–H and O–H groups in total. The van der Waals surface area contributed by atoms with Crippen molar-refractivity contribution in [3.05, 3.63) is 4.91 Å². The number of piperidine rings is 2. The van der Waals surface area contributed by atoms with Crippen LogP contribution in [0, 0.1) is 22.3 Å². The topological polar surface area (TPSA) is 53.0 Å². The molecule has 0 unspecified atom stereocenters. The van der Waals surface area contributed by atoms with Gasteiger partial charge < -0.3 is 5.32 Å². The van der Waals surface area contributed by atoms with Crippen LogP contribution >= 0.6 is 0 Å². The minimum absolute atomic E-state index is 0.927. The summed E-state index contributed by atoms with van der Waals surface area (Å²) < 4.78 is 0. The lowest BCUT2D eigenvalue weighted by molar-refractivity contribution is 0.0604. The van der Waals surface area contributed by atoms with Crippen LogP contribution in [0.5, 0.6) is 0 Å². The van der Waals surface area contributed by atoms with Gasteiger partial charge in [-0.2, -0.15) is 4.91 Å². The van der Waals surface area contributed by atoms with Gasteiger partial charge in [-0.3, -0.25) is 0 Å². The molecule has 3 heteroatoms. The van der Waals surface area contributed by atoms with Gasteiger partial charge in [0.15, 0.2) is 0 Å². The largest absolute Gasteiger partial charge is 0.311 e. The predicted molar refractivity (Wildman–Crippen MR) is 46.9 cm³/mol. The van der Waals surface area contributed by atoms with Crippen LogP contribution in [-0.2, 0) is 0 Å². The Morgan fingerprint density at radius 3 is 1.58 bits per heavy atom. The molecule has 2 saturated heterocycles. The second-order valence-electron chi connectivity index (χ2n) is 4.47. The summed E-state index contributed by atoms with van der Waals surface area (Å²) >= 11 is 0. The number of hydrogen-bond donors (Lipinski definition) is 2. The van der Waals surface area contributed by atoms with Crippen molar-refractivity contribution in [3.63, 3.8) is 0 Å². The van der Waals surface area contributed by atoms with Crippen LogP contribution < -0.4 is 5.32 Å². The Labute approximate surface area is 72.7 Å². The van der Waals surface area contributed by atoms with Gasteiger partial charge in [0, 0.05) is 12.1 Å². The molecule has 0 aromatic heterocycles. The maximum Gasteiger partial charge on any atom is 0.00749 e. The van der Waals surface area contributed by atoms with E-state index < -0.39 is 0 Å². The van der Waals surface area contributed by atoms with Crippen molar-refractivity contribution in [3.8, 4) is 0 Å². The number of nitrogens with one attached hydrogen (secondary N) is 2. The van der Waals surface area contributed by atoms with E-state index in [2.05, 4.69) is 10.9 Å². The molecule has 2 aliphatic carbocycles. The molecule has 0 atom stereocenters. The van der Waals surface area contributed by atoms with E-state index >= 15 is 0 Å². The summed E-state index contributed by atoms with van der Waals surface area (Å²) in [5.74, 6) is 2.23. The molecule has 0 amide bonds. The maximum absolute atomic E-state index is 7.50. The van der Waals surface area contributed by atoms with Crippen molar-refractivity contribution >= 4 is 0 Å². The van der Waals surface area contributed by atoms with Crippen molar-refractivity contribution in [2.75, 3.05) is 0 Å². The molecule has 4 aliphatic rings. The molecule has 4 bridgehead atoms. The average molecular weight is 168 g/mol. The SMILES string of the molecule is C1C2CC3CC1CC(C2)N3.N=O. The fourth-order valence-corrected chi connectivity index (χ4v) is 3.46. The van der Waals surface area contributed by atoms with Crippen molar-refractivity contribution in [2.45, 2.75) is 44.2 Å². The molecule has 4 fully saturated rings. The van der Waals surface area contributed by atoms with E-state index in [0.717, 1.165) is 23.9 Å². The van der Waals surface area contributed by atoms with Crippen molar-refractivity contribution < 1.29 is 0 Å². The van der Waals surface area contributed by atoms with Crippen LogP contribution in [-0.4, -0.2) is 12.1 Å². The van der Waals surface area contributed by atoms with E-state index in [1.54, 1.807) is 6.42 Å². The molecule has 3 nitrogen and oxygen atoms in total. The highest BCUT2D eigenvalue weighted by atomic mass is 16.2. The maximum atomic E-state index is 7.50. The molecule has 0 radical (unpaired) electrons. The molecule has 2 aliphatic heterocycles. The van der Waals surface area contributed by atoms with E-state index in [-0.39, 0.29) is 0 Å². The minimum atomic E-state index is 0.927. The summed E-state index contributed by atoms with van der Waals surface area (Å²) in [5, 5.41) is 3.71. The molecule has 0 aromatic rings. The Morgan fingerprint density at radius 2 is 1.25 bits per heavy atom. The Morgan fingerprint density at radius 1 is 0.833 bits per heavy atom. The molecule has 68 valence electrons.